The molecule has 1 aliphatic carbocycles. The highest BCUT2D eigenvalue weighted by Crippen LogP contribution is 2.33. The summed E-state index contributed by atoms with van der Waals surface area (Å²) in [5.41, 5.74) is 1.19. The second-order valence-electron chi connectivity index (χ2n) is 7.70. The molecule has 1 atom stereocenters. The average Bonchev–Trinajstić information content (AvgIpc) is 3.16. The van der Waals surface area contributed by atoms with Crippen LogP contribution in [0.2, 0.25) is 0 Å². The maximum atomic E-state index is 13.1. The lowest BCUT2D eigenvalue weighted by molar-refractivity contribution is -0.136. The van der Waals surface area contributed by atoms with Gasteiger partial charge in [0.1, 0.15) is 5.82 Å². The summed E-state index contributed by atoms with van der Waals surface area (Å²) < 4.78 is 0. The summed E-state index contributed by atoms with van der Waals surface area (Å²) in [6.45, 7) is 3.13. The van der Waals surface area contributed by atoms with Crippen LogP contribution in [0.4, 0.5) is 5.82 Å². The number of anilines is 1. The molecule has 6 nitrogen and oxygen atoms in total. The Kier molecular flexibility index (Phi) is 5.35. The summed E-state index contributed by atoms with van der Waals surface area (Å²) in [7, 11) is 3.55. The predicted molar refractivity (Wildman–Crippen MR) is 111 cm³/mol. The van der Waals surface area contributed by atoms with Gasteiger partial charge in [-0.05, 0) is 43.0 Å². The molecule has 2 amide bonds. The highest BCUT2D eigenvalue weighted by molar-refractivity contribution is 7.14. The molecule has 148 valence electrons. The summed E-state index contributed by atoms with van der Waals surface area (Å²) in [5.74, 6) is 1.32. The number of carbonyl (C=O) groups excluding carboxylic acids is 2. The third kappa shape index (κ3) is 3.76. The normalized spacial score (nSPS) is 19.3. The van der Waals surface area contributed by atoms with Crippen LogP contribution in [0.25, 0.3) is 0 Å². The van der Waals surface area contributed by atoms with Crippen LogP contribution in [-0.2, 0) is 17.6 Å². The topological polar surface area (TPSA) is 56.8 Å². The van der Waals surface area contributed by atoms with Crippen LogP contribution in [0.3, 0.4) is 0 Å². The van der Waals surface area contributed by atoms with Crippen LogP contribution in [0.1, 0.15) is 26.5 Å². The molecule has 0 spiro atoms. The fraction of sp³-hybridized carbons (Fsp3) is 0.476. The van der Waals surface area contributed by atoms with E-state index in [1.54, 1.807) is 30.3 Å². The molecule has 0 aromatic carbocycles. The Morgan fingerprint density at radius 2 is 1.96 bits per heavy atom. The van der Waals surface area contributed by atoms with Gasteiger partial charge in [-0.25, -0.2) is 4.98 Å². The molecule has 28 heavy (non-hydrogen) atoms. The third-order valence-corrected chi connectivity index (χ3v) is 6.84. The van der Waals surface area contributed by atoms with Crippen molar-refractivity contribution in [2.24, 2.45) is 5.92 Å². The van der Waals surface area contributed by atoms with Crippen LogP contribution in [0.15, 0.2) is 30.5 Å². The first kappa shape index (κ1) is 18.9. The first-order valence-electron chi connectivity index (χ1n) is 9.81. The number of nitrogens with zero attached hydrogens (tertiary/aromatic N) is 4. The molecular weight excluding hydrogens is 372 g/mol. The number of amides is 2. The van der Waals surface area contributed by atoms with E-state index in [1.807, 2.05) is 35.4 Å². The Balaban J connectivity index is 1.37. The summed E-state index contributed by atoms with van der Waals surface area (Å²) in [4.78, 5) is 37.6. The van der Waals surface area contributed by atoms with E-state index in [4.69, 9.17) is 0 Å². The van der Waals surface area contributed by atoms with E-state index in [-0.39, 0.29) is 17.7 Å². The minimum absolute atomic E-state index is 0.0332. The number of aryl methyl sites for hydroxylation is 1. The molecular formula is C21H26N4O2S. The quantitative estimate of drug-likeness (QED) is 0.796. The number of aromatic nitrogens is 1. The molecule has 0 radical (unpaired) electrons. The van der Waals surface area contributed by atoms with Crippen molar-refractivity contribution in [2.45, 2.75) is 19.3 Å². The van der Waals surface area contributed by atoms with Gasteiger partial charge in [0.05, 0.1) is 4.88 Å². The van der Waals surface area contributed by atoms with Crippen molar-refractivity contribution in [1.29, 1.82) is 0 Å². The molecule has 2 aromatic heterocycles. The van der Waals surface area contributed by atoms with Gasteiger partial charge in [0.2, 0.25) is 5.91 Å². The van der Waals surface area contributed by atoms with Gasteiger partial charge in [-0.15, -0.1) is 11.3 Å². The van der Waals surface area contributed by atoms with Gasteiger partial charge in [0, 0.05) is 57.3 Å². The van der Waals surface area contributed by atoms with Gasteiger partial charge < -0.3 is 14.7 Å². The van der Waals surface area contributed by atoms with E-state index >= 15 is 0 Å². The SMILES string of the molecule is CN(C)C(=O)c1cc2c(s1)CCC(C(=O)N1CCN(c3ccccn3)CC1)C2. The standard InChI is InChI=1S/C21H26N4O2S/c1-23(2)21(27)18-14-16-13-15(6-7-17(16)28-18)20(26)25-11-9-24(10-12-25)19-5-3-4-8-22-19/h3-5,8,14-15H,6-7,9-13H2,1-2H3. The molecule has 2 aromatic rings. The zero-order valence-corrected chi connectivity index (χ0v) is 17.2. The van der Waals surface area contributed by atoms with Gasteiger partial charge in [-0.1, -0.05) is 6.07 Å². The largest absolute Gasteiger partial charge is 0.353 e. The van der Waals surface area contributed by atoms with Gasteiger partial charge >= 0.3 is 0 Å². The van der Waals surface area contributed by atoms with Crippen LogP contribution in [0.5, 0.6) is 0 Å². The number of hydrogen-bond acceptors (Lipinski definition) is 5. The molecule has 0 bridgehead atoms. The summed E-state index contributed by atoms with van der Waals surface area (Å²) in [5, 5.41) is 0. The number of pyridine rings is 1. The van der Waals surface area contributed by atoms with Crippen molar-refractivity contribution in [3.8, 4) is 0 Å². The molecule has 3 heterocycles. The Morgan fingerprint density at radius 1 is 1.18 bits per heavy atom. The number of hydrogen-bond donors (Lipinski definition) is 0. The lowest BCUT2D eigenvalue weighted by Crippen LogP contribution is -2.51. The first-order valence-corrected chi connectivity index (χ1v) is 10.6. The number of carbonyl (C=O) groups is 2. The highest BCUT2D eigenvalue weighted by atomic mass is 32.1. The Bertz CT molecular complexity index is 857. The number of fused-ring (bicyclic) bond motifs is 1. The van der Waals surface area contributed by atoms with Crippen molar-refractivity contribution in [2.75, 3.05) is 45.2 Å². The maximum absolute atomic E-state index is 13.1. The molecule has 0 saturated carbocycles. The van der Waals surface area contributed by atoms with Crippen LogP contribution in [0, 0.1) is 5.92 Å². The smallest absolute Gasteiger partial charge is 0.263 e. The fourth-order valence-corrected chi connectivity index (χ4v) is 5.24. The summed E-state index contributed by atoms with van der Waals surface area (Å²) in [6, 6.07) is 7.93. The summed E-state index contributed by atoms with van der Waals surface area (Å²) >= 11 is 1.59. The van der Waals surface area contributed by atoms with Gasteiger partial charge in [-0.2, -0.15) is 0 Å². The van der Waals surface area contributed by atoms with E-state index in [1.165, 1.54) is 10.4 Å². The Hall–Kier alpha value is -2.41. The van der Waals surface area contributed by atoms with Crippen LogP contribution in [-0.4, -0.2) is 66.9 Å². The number of thiophene rings is 1. The van der Waals surface area contributed by atoms with Crippen molar-refractivity contribution < 1.29 is 9.59 Å². The molecule has 2 aliphatic rings. The van der Waals surface area contributed by atoms with E-state index in [9.17, 15) is 9.59 Å². The monoisotopic (exact) mass is 398 g/mol. The van der Waals surface area contributed by atoms with Crippen molar-refractivity contribution in [3.63, 3.8) is 0 Å². The molecule has 7 heteroatoms. The highest BCUT2D eigenvalue weighted by Gasteiger charge is 2.32. The second-order valence-corrected chi connectivity index (χ2v) is 8.84. The van der Waals surface area contributed by atoms with Crippen LogP contribution < -0.4 is 4.90 Å². The minimum atomic E-state index is 0.0332. The molecule has 1 fully saturated rings. The number of piperazine rings is 1. The van der Waals surface area contributed by atoms with Crippen molar-refractivity contribution in [1.82, 2.24) is 14.8 Å². The molecule has 4 rings (SSSR count). The third-order valence-electron chi connectivity index (χ3n) is 5.61. The lowest BCUT2D eigenvalue weighted by atomic mass is 9.87. The Morgan fingerprint density at radius 3 is 2.64 bits per heavy atom. The lowest BCUT2D eigenvalue weighted by Gasteiger charge is -2.37. The average molecular weight is 399 g/mol. The maximum Gasteiger partial charge on any atom is 0.263 e. The van der Waals surface area contributed by atoms with Gasteiger partial charge in [0.15, 0.2) is 0 Å². The first-order chi connectivity index (χ1) is 13.5. The predicted octanol–water partition coefficient (Wildman–Crippen LogP) is 2.30. The van der Waals surface area contributed by atoms with E-state index < -0.39 is 0 Å². The van der Waals surface area contributed by atoms with Gasteiger partial charge in [0.25, 0.3) is 5.91 Å². The molecule has 1 unspecified atom stereocenters. The van der Waals surface area contributed by atoms with Gasteiger partial charge in [-0.3, -0.25) is 9.59 Å². The Labute approximate surface area is 169 Å². The minimum Gasteiger partial charge on any atom is -0.353 e. The van der Waals surface area contributed by atoms with Crippen molar-refractivity contribution >= 4 is 29.0 Å². The fourth-order valence-electron chi connectivity index (χ4n) is 4.02. The van der Waals surface area contributed by atoms with Crippen LogP contribution >= 0.6 is 11.3 Å². The van der Waals surface area contributed by atoms with Crippen molar-refractivity contribution in [3.05, 3.63) is 45.8 Å². The van der Waals surface area contributed by atoms with E-state index in [0.29, 0.717) is 0 Å². The molecule has 0 N–H and O–H groups in total. The summed E-state index contributed by atoms with van der Waals surface area (Å²) in [6.07, 6.45) is 4.34. The van der Waals surface area contributed by atoms with E-state index in [0.717, 1.165) is 56.1 Å². The second kappa shape index (κ2) is 7.91. The number of rotatable bonds is 3. The zero-order chi connectivity index (χ0) is 19.7. The van der Waals surface area contributed by atoms with E-state index in [2.05, 4.69) is 9.88 Å². The molecule has 1 aliphatic heterocycles. The zero-order valence-electron chi connectivity index (χ0n) is 16.4. The molecule has 1 saturated heterocycles.